The standard InChI is InChI=1S/C19H16N2O2/c1-14-12-18(23-21-14)17(13-20-16-10-6-3-7-11-16)19(22)15-8-4-2-5-9-15/h2-13,20H,1H3/b17-13+. The second-order valence-corrected chi connectivity index (χ2v) is 5.10. The molecule has 0 radical (unpaired) electrons. The SMILES string of the molecule is Cc1cc(/C(=C\Nc2ccccc2)C(=O)c2ccccc2)on1. The average Bonchev–Trinajstić information content (AvgIpc) is 3.03. The van der Waals surface area contributed by atoms with Gasteiger partial charge in [-0.05, 0) is 19.1 Å². The molecule has 0 atom stereocenters. The maximum absolute atomic E-state index is 12.8. The van der Waals surface area contributed by atoms with Crippen LogP contribution >= 0.6 is 0 Å². The molecule has 0 aliphatic rings. The first kappa shape index (κ1) is 14.8. The van der Waals surface area contributed by atoms with E-state index in [0.29, 0.717) is 16.9 Å². The molecule has 0 fully saturated rings. The summed E-state index contributed by atoms with van der Waals surface area (Å²) in [5.41, 5.74) is 2.65. The van der Waals surface area contributed by atoms with Crippen molar-refractivity contribution >= 4 is 17.0 Å². The van der Waals surface area contributed by atoms with Crippen LogP contribution in [0.25, 0.3) is 5.57 Å². The molecule has 3 aromatic rings. The zero-order valence-corrected chi connectivity index (χ0v) is 12.7. The van der Waals surface area contributed by atoms with Crippen LogP contribution in [0.15, 0.2) is 77.5 Å². The average molecular weight is 304 g/mol. The summed E-state index contributed by atoms with van der Waals surface area (Å²) in [5.74, 6) is 0.324. The number of nitrogens with zero attached hydrogens (tertiary/aromatic N) is 1. The molecule has 0 amide bonds. The van der Waals surface area contributed by atoms with Crippen LogP contribution in [-0.4, -0.2) is 10.9 Å². The Hall–Kier alpha value is -3.14. The largest absolute Gasteiger partial charge is 0.361 e. The molecular weight excluding hydrogens is 288 g/mol. The Kier molecular flexibility index (Phi) is 4.34. The number of hydrogen-bond donors (Lipinski definition) is 1. The maximum atomic E-state index is 12.8. The number of carbonyl (C=O) groups excluding carboxylic acids is 1. The highest BCUT2D eigenvalue weighted by Crippen LogP contribution is 2.21. The number of nitrogens with one attached hydrogen (secondary N) is 1. The molecule has 0 saturated heterocycles. The van der Waals surface area contributed by atoms with E-state index in [1.165, 1.54) is 0 Å². The van der Waals surface area contributed by atoms with Crippen molar-refractivity contribution in [3.8, 4) is 0 Å². The van der Waals surface area contributed by atoms with E-state index in [-0.39, 0.29) is 5.78 Å². The highest BCUT2D eigenvalue weighted by atomic mass is 16.5. The molecular formula is C19H16N2O2. The summed E-state index contributed by atoms with van der Waals surface area (Å²) in [6, 6.07) is 20.5. The summed E-state index contributed by atoms with van der Waals surface area (Å²) >= 11 is 0. The van der Waals surface area contributed by atoms with Crippen LogP contribution < -0.4 is 5.32 Å². The summed E-state index contributed by atoms with van der Waals surface area (Å²) < 4.78 is 5.28. The van der Waals surface area contributed by atoms with Crippen LogP contribution in [0.4, 0.5) is 5.69 Å². The molecule has 0 aliphatic carbocycles. The van der Waals surface area contributed by atoms with Gasteiger partial charge in [-0.2, -0.15) is 0 Å². The van der Waals surface area contributed by atoms with Crippen LogP contribution in [0.5, 0.6) is 0 Å². The topological polar surface area (TPSA) is 55.1 Å². The molecule has 0 spiro atoms. The molecule has 4 heteroatoms. The van der Waals surface area contributed by atoms with Crippen LogP contribution in [0.3, 0.4) is 0 Å². The molecule has 2 aromatic carbocycles. The van der Waals surface area contributed by atoms with E-state index < -0.39 is 0 Å². The number of allylic oxidation sites excluding steroid dienone is 1. The van der Waals surface area contributed by atoms with Gasteiger partial charge in [-0.15, -0.1) is 0 Å². The van der Waals surface area contributed by atoms with Gasteiger partial charge in [-0.3, -0.25) is 4.79 Å². The third-order valence-electron chi connectivity index (χ3n) is 3.33. The fraction of sp³-hybridized carbons (Fsp3) is 0.0526. The highest BCUT2D eigenvalue weighted by molar-refractivity contribution is 6.28. The van der Waals surface area contributed by atoms with E-state index >= 15 is 0 Å². The number of Topliss-reactive ketones (excluding diaryl/α,β-unsaturated/α-hetero) is 1. The summed E-state index contributed by atoms with van der Waals surface area (Å²) in [5, 5.41) is 7.01. The van der Waals surface area contributed by atoms with Gasteiger partial charge in [0.05, 0.1) is 11.3 Å². The Morgan fingerprint density at radius 3 is 2.30 bits per heavy atom. The third kappa shape index (κ3) is 3.55. The van der Waals surface area contributed by atoms with Gasteiger partial charge >= 0.3 is 0 Å². The Morgan fingerprint density at radius 2 is 1.70 bits per heavy atom. The number of ketones is 1. The molecule has 23 heavy (non-hydrogen) atoms. The lowest BCUT2D eigenvalue weighted by molar-refractivity contribution is 0.105. The van der Waals surface area contributed by atoms with E-state index in [1.54, 1.807) is 24.4 Å². The lowest BCUT2D eigenvalue weighted by Crippen LogP contribution is -2.04. The van der Waals surface area contributed by atoms with E-state index in [4.69, 9.17) is 4.52 Å². The van der Waals surface area contributed by atoms with Crippen molar-refractivity contribution in [2.75, 3.05) is 5.32 Å². The van der Waals surface area contributed by atoms with Gasteiger partial charge in [0, 0.05) is 23.5 Å². The quantitative estimate of drug-likeness (QED) is 0.563. The van der Waals surface area contributed by atoms with E-state index in [1.807, 2.05) is 55.5 Å². The van der Waals surface area contributed by atoms with Crippen molar-refractivity contribution in [3.05, 3.63) is 89.9 Å². The smallest absolute Gasteiger partial charge is 0.198 e. The first-order chi connectivity index (χ1) is 11.2. The Labute approximate surface area is 134 Å². The number of hydrogen-bond acceptors (Lipinski definition) is 4. The predicted octanol–water partition coefficient (Wildman–Crippen LogP) is 4.32. The van der Waals surface area contributed by atoms with E-state index in [0.717, 1.165) is 11.4 Å². The molecule has 0 unspecified atom stereocenters. The number of rotatable bonds is 5. The van der Waals surface area contributed by atoms with Crippen LogP contribution in [0.2, 0.25) is 0 Å². The van der Waals surface area contributed by atoms with Crippen molar-refractivity contribution in [2.45, 2.75) is 6.92 Å². The first-order valence-electron chi connectivity index (χ1n) is 7.29. The summed E-state index contributed by atoms with van der Waals surface area (Å²) in [6.45, 7) is 1.82. The Balaban J connectivity index is 1.95. The zero-order chi connectivity index (χ0) is 16.1. The molecule has 3 rings (SSSR count). The first-order valence-corrected chi connectivity index (χ1v) is 7.29. The van der Waals surface area contributed by atoms with Crippen molar-refractivity contribution in [3.63, 3.8) is 0 Å². The molecule has 0 bridgehead atoms. The van der Waals surface area contributed by atoms with Gasteiger partial charge in [-0.1, -0.05) is 53.7 Å². The minimum atomic E-state index is -0.120. The number of benzene rings is 2. The lowest BCUT2D eigenvalue weighted by atomic mass is 10.0. The second kappa shape index (κ2) is 6.75. The molecule has 1 N–H and O–H groups in total. The maximum Gasteiger partial charge on any atom is 0.198 e. The van der Waals surface area contributed by atoms with Gasteiger partial charge in [0.1, 0.15) is 0 Å². The summed E-state index contributed by atoms with van der Waals surface area (Å²) in [7, 11) is 0. The monoisotopic (exact) mass is 304 g/mol. The van der Waals surface area contributed by atoms with Crippen LogP contribution in [0.1, 0.15) is 21.8 Å². The zero-order valence-electron chi connectivity index (χ0n) is 12.7. The van der Waals surface area contributed by atoms with Gasteiger partial charge in [0.25, 0.3) is 0 Å². The second-order valence-electron chi connectivity index (χ2n) is 5.10. The number of carbonyl (C=O) groups is 1. The minimum Gasteiger partial charge on any atom is -0.361 e. The van der Waals surface area contributed by atoms with Crippen molar-refractivity contribution in [2.24, 2.45) is 0 Å². The Morgan fingerprint density at radius 1 is 1.04 bits per heavy atom. The fourth-order valence-corrected chi connectivity index (χ4v) is 2.17. The molecule has 1 heterocycles. The number of anilines is 1. The molecule has 0 saturated carbocycles. The van der Waals surface area contributed by atoms with E-state index in [9.17, 15) is 4.79 Å². The highest BCUT2D eigenvalue weighted by Gasteiger charge is 2.18. The van der Waals surface area contributed by atoms with Crippen LogP contribution in [-0.2, 0) is 0 Å². The van der Waals surface area contributed by atoms with Crippen molar-refractivity contribution < 1.29 is 9.32 Å². The fourth-order valence-electron chi connectivity index (χ4n) is 2.17. The number of aromatic nitrogens is 1. The molecule has 114 valence electrons. The van der Waals surface area contributed by atoms with Crippen molar-refractivity contribution in [1.82, 2.24) is 5.16 Å². The third-order valence-corrected chi connectivity index (χ3v) is 3.33. The Bertz CT molecular complexity index is 821. The van der Waals surface area contributed by atoms with Crippen molar-refractivity contribution in [1.29, 1.82) is 0 Å². The van der Waals surface area contributed by atoms with Gasteiger partial charge < -0.3 is 9.84 Å². The number of aryl methyl sites for hydroxylation is 1. The minimum absolute atomic E-state index is 0.120. The molecule has 1 aromatic heterocycles. The molecule has 4 nitrogen and oxygen atoms in total. The van der Waals surface area contributed by atoms with Gasteiger partial charge in [-0.25, -0.2) is 0 Å². The van der Waals surface area contributed by atoms with Gasteiger partial charge in [0.2, 0.25) is 0 Å². The van der Waals surface area contributed by atoms with Crippen LogP contribution in [0, 0.1) is 6.92 Å². The summed E-state index contributed by atoms with van der Waals surface area (Å²) in [6.07, 6.45) is 1.66. The van der Waals surface area contributed by atoms with Gasteiger partial charge in [0.15, 0.2) is 11.5 Å². The number of para-hydroxylation sites is 1. The molecule has 0 aliphatic heterocycles. The lowest BCUT2D eigenvalue weighted by Gasteiger charge is -2.05. The summed E-state index contributed by atoms with van der Waals surface area (Å²) in [4.78, 5) is 12.8. The predicted molar refractivity (Wildman–Crippen MR) is 90.1 cm³/mol. The normalized spacial score (nSPS) is 11.3. The van der Waals surface area contributed by atoms with E-state index in [2.05, 4.69) is 10.5 Å².